The minimum Gasteiger partial charge on any atom is -0.382 e. The number of rotatable bonds is 2. The summed E-state index contributed by atoms with van der Waals surface area (Å²) >= 11 is 5.51. The molecule has 5 heteroatoms. The van der Waals surface area contributed by atoms with Crippen LogP contribution in [0.4, 0.5) is 13.2 Å². The predicted octanol–water partition coefficient (Wildman–Crippen LogP) is 3.09. The van der Waals surface area contributed by atoms with Gasteiger partial charge in [0.05, 0.1) is 0 Å². The van der Waals surface area contributed by atoms with E-state index in [4.69, 9.17) is 16.7 Å². The van der Waals surface area contributed by atoms with Crippen LogP contribution in [0.15, 0.2) is 12.1 Å². The molecule has 1 rings (SSSR count). The van der Waals surface area contributed by atoms with E-state index in [1.807, 2.05) is 0 Å². The lowest BCUT2D eigenvalue weighted by Gasteiger charge is -2.12. The average Bonchev–Trinajstić information content (AvgIpc) is 2.10. The maximum absolute atomic E-state index is 12.9. The Kier molecular flexibility index (Phi) is 3.39. The van der Waals surface area contributed by atoms with Gasteiger partial charge in [0, 0.05) is 10.6 Å². The van der Waals surface area contributed by atoms with E-state index in [0.29, 0.717) is 0 Å². The quantitative estimate of drug-likeness (QED) is 0.819. The maximum Gasteiger partial charge on any atom is 0.268 e. The monoisotopic (exact) mass is 224 g/mol. The van der Waals surface area contributed by atoms with Crippen molar-refractivity contribution in [1.82, 2.24) is 0 Å². The summed E-state index contributed by atoms with van der Waals surface area (Å²) in [5.41, 5.74) is 0.0182. The summed E-state index contributed by atoms with van der Waals surface area (Å²) in [6, 6.07) is 2.03. The fourth-order valence-electron chi connectivity index (χ4n) is 1.04. The maximum atomic E-state index is 12.9. The lowest BCUT2D eigenvalue weighted by Crippen LogP contribution is -2.09. The third kappa shape index (κ3) is 2.19. The van der Waals surface area contributed by atoms with Crippen molar-refractivity contribution in [2.75, 3.05) is 0 Å². The number of hydrogen-bond donors (Lipinski definition) is 1. The van der Waals surface area contributed by atoms with Crippen LogP contribution in [0.25, 0.3) is 0 Å². The Hall–Kier alpha value is -0.740. The normalized spacial score (nSPS) is 13.4. The summed E-state index contributed by atoms with van der Waals surface area (Å²) in [4.78, 5) is 0. The van der Waals surface area contributed by atoms with Gasteiger partial charge < -0.3 is 5.11 Å². The van der Waals surface area contributed by atoms with E-state index in [-0.39, 0.29) is 16.1 Å². The van der Waals surface area contributed by atoms with E-state index >= 15 is 0 Å². The van der Waals surface area contributed by atoms with Crippen molar-refractivity contribution in [3.8, 4) is 0 Å². The number of alkyl halides is 2. The second-order valence-corrected chi connectivity index (χ2v) is 3.31. The number of aliphatic hydroxyl groups excluding tert-OH is 1. The molecule has 1 atom stereocenters. The summed E-state index contributed by atoms with van der Waals surface area (Å²) in [7, 11) is 0. The first-order valence-electron chi connectivity index (χ1n) is 3.85. The molecule has 0 bridgehead atoms. The van der Waals surface area contributed by atoms with E-state index in [0.717, 1.165) is 12.1 Å². The van der Waals surface area contributed by atoms with Crippen LogP contribution in [0, 0.1) is 12.7 Å². The van der Waals surface area contributed by atoms with E-state index in [9.17, 15) is 13.2 Å². The molecule has 1 nitrogen and oxygen atoms in total. The summed E-state index contributed by atoms with van der Waals surface area (Å²) in [5.74, 6) is -0.583. The van der Waals surface area contributed by atoms with Gasteiger partial charge in [-0.05, 0) is 24.6 Å². The molecule has 1 N–H and O–H groups in total. The van der Waals surface area contributed by atoms with Crippen LogP contribution < -0.4 is 0 Å². The molecule has 0 aliphatic heterocycles. The van der Waals surface area contributed by atoms with E-state index in [1.54, 1.807) is 0 Å². The molecule has 14 heavy (non-hydrogen) atoms. The topological polar surface area (TPSA) is 20.2 Å². The zero-order valence-corrected chi connectivity index (χ0v) is 8.02. The van der Waals surface area contributed by atoms with Crippen molar-refractivity contribution in [1.29, 1.82) is 0 Å². The highest BCUT2D eigenvalue weighted by Crippen LogP contribution is 2.29. The fourth-order valence-corrected chi connectivity index (χ4v) is 1.30. The molecule has 0 saturated heterocycles. The molecule has 0 aromatic heterocycles. The van der Waals surface area contributed by atoms with Crippen LogP contribution in [0.2, 0.25) is 5.02 Å². The molecule has 0 heterocycles. The van der Waals surface area contributed by atoms with E-state index in [1.165, 1.54) is 6.92 Å². The van der Waals surface area contributed by atoms with Gasteiger partial charge in [0.1, 0.15) is 11.9 Å². The van der Waals surface area contributed by atoms with Crippen LogP contribution in [-0.2, 0) is 0 Å². The van der Waals surface area contributed by atoms with Crippen LogP contribution in [0.3, 0.4) is 0 Å². The van der Waals surface area contributed by atoms with E-state index in [2.05, 4.69) is 0 Å². The predicted molar refractivity (Wildman–Crippen MR) is 47.1 cm³/mol. The van der Waals surface area contributed by atoms with Gasteiger partial charge in [0.2, 0.25) is 0 Å². The molecule has 0 aliphatic rings. The molecular formula is C9H8ClF3O. The lowest BCUT2D eigenvalue weighted by atomic mass is 10.1. The summed E-state index contributed by atoms with van der Waals surface area (Å²) < 4.78 is 37.1. The number of aryl methyl sites for hydroxylation is 1. The Bertz CT molecular complexity index is 341. The Morgan fingerprint density at radius 2 is 1.93 bits per heavy atom. The highest BCUT2D eigenvalue weighted by Gasteiger charge is 2.22. The third-order valence-electron chi connectivity index (χ3n) is 1.84. The Balaban J connectivity index is 3.15. The van der Waals surface area contributed by atoms with Crippen LogP contribution in [0.1, 0.15) is 17.2 Å². The van der Waals surface area contributed by atoms with Gasteiger partial charge in [-0.3, -0.25) is 0 Å². The minimum atomic E-state index is -2.93. The van der Waals surface area contributed by atoms with Gasteiger partial charge in [-0.1, -0.05) is 11.6 Å². The largest absolute Gasteiger partial charge is 0.382 e. The number of benzene rings is 1. The smallest absolute Gasteiger partial charge is 0.268 e. The van der Waals surface area contributed by atoms with Crippen LogP contribution in [-0.4, -0.2) is 11.5 Å². The molecule has 0 amide bonds. The van der Waals surface area contributed by atoms with Gasteiger partial charge in [0.25, 0.3) is 6.43 Å². The number of aliphatic hydroxyl groups is 1. The first-order valence-corrected chi connectivity index (χ1v) is 4.23. The van der Waals surface area contributed by atoms with Gasteiger partial charge in [-0.15, -0.1) is 0 Å². The highest BCUT2D eigenvalue weighted by molar-refractivity contribution is 6.31. The third-order valence-corrected chi connectivity index (χ3v) is 2.16. The van der Waals surface area contributed by atoms with Gasteiger partial charge in [-0.25, -0.2) is 13.2 Å². The standard InChI is InChI=1S/C9H8ClF3O/c1-4-2-5(8(14)9(12)13)6(10)3-7(4)11/h2-3,8-9,14H,1H3. The van der Waals surface area contributed by atoms with Crippen molar-refractivity contribution in [2.24, 2.45) is 0 Å². The molecule has 0 radical (unpaired) electrons. The second kappa shape index (κ2) is 4.19. The van der Waals surface area contributed by atoms with Gasteiger partial charge >= 0.3 is 0 Å². The van der Waals surface area contributed by atoms with Crippen LogP contribution in [0.5, 0.6) is 0 Å². The molecule has 0 saturated carbocycles. The van der Waals surface area contributed by atoms with Crippen molar-refractivity contribution in [3.63, 3.8) is 0 Å². The SMILES string of the molecule is Cc1cc(C(O)C(F)F)c(Cl)cc1F. The molecule has 78 valence electrons. The average molecular weight is 225 g/mol. The zero-order chi connectivity index (χ0) is 10.9. The van der Waals surface area contributed by atoms with Crippen molar-refractivity contribution in [2.45, 2.75) is 19.5 Å². The van der Waals surface area contributed by atoms with Crippen molar-refractivity contribution in [3.05, 3.63) is 34.1 Å². The lowest BCUT2D eigenvalue weighted by molar-refractivity contribution is -0.00578. The number of hydrogen-bond acceptors (Lipinski definition) is 1. The first-order chi connectivity index (χ1) is 6.43. The second-order valence-electron chi connectivity index (χ2n) is 2.90. The molecule has 1 aromatic rings. The molecule has 1 aromatic carbocycles. The summed E-state index contributed by atoms with van der Waals surface area (Å²) in [6.07, 6.45) is -4.90. The van der Waals surface area contributed by atoms with E-state index < -0.39 is 18.3 Å². The minimum absolute atomic E-state index is 0.152. The first kappa shape index (κ1) is 11.3. The fraction of sp³-hybridized carbons (Fsp3) is 0.333. The summed E-state index contributed by atoms with van der Waals surface area (Å²) in [6.45, 7) is 1.41. The molecular weight excluding hydrogens is 217 g/mol. The van der Waals surface area contributed by atoms with Crippen molar-refractivity contribution < 1.29 is 18.3 Å². The van der Waals surface area contributed by atoms with Crippen LogP contribution >= 0.6 is 11.6 Å². The number of halogens is 4. The molecule has 0 fully saturated rings. The van der Waals surface area contributed by atoms with Gasteiger partial charge in [-0.2, -0.15) is 0 Å². The summed E-state index contributed by atoms with van der Waals surface area (Å²) in [5, 5.41) is 8.84. The Morgan fingerprint density at radius 1 is 1.36 bits per heavy atom. The molecule has 0 aliphatic carbocycles. The molecule has 1 unspecified atom stereocenters. The Morgan fingerprint density at radius 3 is 2.43 bits per heavy atom. The van der Waals surface area contributed by atoms with Gasteiger partial charge in [0.15, 0.2) is 0 Å². The Labute approximate surface area is 84.1 Å². The zero-order valence-electron chi connectivity index (χ0n) is 7.27. The highest BCUT2D eigenvalue weighted by atomic mass is 35.5. The molecule has 0 spiro atoms. The van der Waals surface area contributed by atoms with Crippen molar-refractivity contribution >= 4 is 11.6 Å².